The highest BCUT2D eigenvalue weighted by Crippen LogP contribution is 2.32. The van der Waals surface area contributed by atoms with Crippen LogP contribution in [0.4, 0.5) is 11.4 Å². The molecule has 4 aromatic rings. The van der Waals surface area contributed by atoms with E-state index in [0.717, 1.165) is 16.3 Å². The van der Waals surface area contributed by atoms with Crippen LogP contribution >= 0.6 is 0 Å². The number of hydrogen-bond donors (Lipinski definition) is 1. The molecular weight excluding hydrogens is 482 g/mol. The number of amides is 3. The van der Waals surface area contributed by atoms with Gasteiger partial charge in [0, 0.05) is 5.56 Å². The van der Waals surface area contributed by atoms with Gasteiger partial charge in [-0.3, -0.25) is 24.1 Å². The molecule has 0 radical (unpaired) electrons. The highest BCUT2D eigenvalue weighted by Gasteiger charge is 2.36. The summed E-state index contributed by atoms with van der Waals surface area (Å²) in [5.74, 6) is -1.59. The molecule has 8 nitrogen and oxygen atoms in total. The maximum absolute atomic E-state index is 13.8. The lowest BCUT2D eigenvalue weighted by molar-refractivity contribution is -0.144. The second-order valence-corrected chi connectivity index (χ2v) is 8.87. The molecule has 0 saturated carbocycles. The number of benzene rings is 4. The van der Waals surface area contributed by atoms with E-state index in [1.165, 1.54) is 9.80 Å². The first-order valence-electron chi connectivity index (χ1n) is 12.2. The fourth-order valence-electron chi connectivity index (χ4n) is 4.56. The van der Waals surface area contributed by atoms with Crippen molar-refractivity contribution in [3.05, 3.63) is 108 Å². The van der Waals surface area contributed by atoms with E-state index in [1.54, 1.807) is 36.4 Å². The average molecular weight is 508 g/mol. The molecule has 0 saturated heterocycles. The number of ether oxygens (including phenoxy) is 1. The van der Waals surface area contributed by atoms with Crippen molar-refractivity contribution < 1.29 is 23.9 Å². The van der Waals surface area contributed by atoms with Crippen molar-refractivity contribution in [1.29, 1.82) is 0 Å². The monoisotopic (exact) mass is 507 g/mol. The third kappa shape index (κ3) is 5.10. The van der Waals surface area contributed by atoms with Crippen LogP contribution in [-0.4, -0.2) is 43.3 Å². The van der Waals surface area contributed by atoms with Gasteiger partial charge in [0.05, 0.1) is 17.9 Å². The summed E-state index contributed by atoms with van der Waals surface area (Å²) in [6.45, 7) is -0.410. The van der Waals surface area contributed by atoms with Gasteiger partial charge in [0.25, 0.3) is 11.8 Å². The van der Waals surface area contributed by atoms with Gasteiger partial charge in [-0.2, -0.15) is 0 Å². The number of para-hydroxylation sites is 2. The van der Waals surface area contributed by atoms with E-state index in [9.17, 15) is 19.2 Å². The molecule has 0 spiro atoms. The highest BCUT2D eigenvalue weighted by atomic mass is 16.5. The summed E-state index contributed by atoms with van der Waals surface area (Å²) < 4.78 is 5.42. The van der Waals surface area contributed by atoms with Crippen LogP contribution in [0.5, 0.6) is 0 Å². The molecule has 8 heteroatoms. The zero-order valence-electron chi connectivity index (χ0n) is 20.4. The van der Waals surface area contributed by atoms with Gasteiger partial charge in [0.15, 0.2) is 0 Å². The quantitative estimate of drug-likeness (QED) is 0.304. The van der Waals surface area contributed by atoms with Crippen LogP contribution in [0.2, 0.25) is 0 Å². The number of nitrogens with one attached hydrogen (secondary N) is 1. The van der Waals surface area contributed by atoms with Gasteiger partial charge >= 0.3 is 5.97 Å². The van der Waals surface area contributed by atoms with E-state index < -0.39 is 23.8 Å². The van der Waals surface area contributed by atoms with E-state index in [2.05, 4.69) is 5.32 Å². The van der Waals surface area contributed by atoms with Crippen molar-refractivity contribution in [3.8, 4) is 0 Å². The first kappa shape index (κ1) is 24.7. The van der Waals surface area contributed by atoms with Crippen LogP contribution in [0, 0.1) is 0 Å². The molecule has 0 aromatic heterocycles. The lowest BCUT2D eigenvalue weighted by atomic mass is 10.0. The van der Waals surface area contributed by atoms with Crippen LogP contribution in [0.25, 0.3) is 10.8 Å². The number of carbonyl (C=O) groups excluding carboxylic acids is 4. The van der Waals surface area contributed by atoms with E-state index in [4.69, 9.17) is 4.74 Å². The summed E-state index contributed by atoms with van der Waals surface area (Å²) in [7, 11) is 0. The summed E-state index contributed by atoms with van der Waals surface area (Å²) in [6.07, 6.45) is 0.612. The minimum Gasteiger partial charge on any atom is -0.459 e. The molecule has 0 bridgehead atoms. The number of hydrogen-bond acceptors (Lipinski definition) is 5. The molecule has 0 unspecified atom stereocenters. The van der Waals surface area contributed by atoms with Crippen molar-refractivity contribution in [2.75, 3.05) is 22.9 Å². The molecule has 1 N–H and O–H groups in total. The second kappa shape index (κ2) is 11.0. The van der Waals surface area contributed by atoms with Crippen LogP contribution < -0.4 is 15.1 Å². The van der Waals surface area contributed by atoms with Gasteiger partial charge in [-0.15, -0.1) is 0 Å². The molecular formula is C30H25N3O5. The summed E-state index contributed by atoms with van der Waals surface area (Å²) in [4.78, 5) is 54.6. The first-order valence-corrected chi connectivity index (χ1v) is 12.2. The summed E-state index contributed by atoms with van der Waals surface area (Å²) >= 11 is 0. The molecule has 0 aliphatic carbocycles. The van der Waals surface area contributed by atoms with E-state index >= 15 is 0 Å². The van der Waals surface area contributed by atoms with E-state index in [-0.39, 0.29) is 19.7 Å². The molecule has 1 aliphatic rings. The van der Waals surface area contributed by atoms with Crippen molar-refractivity contribution >= 4 is 46.3 Å². The molecule has 0 fully saturated rings. The van der Waals surface area contributed by atoms with Gasteiger partial charge in [-0.25, -0.2) is 0 Å². The summed E-state index contributed by atoms with van der Waals surface area (Å²) in [5.41, 5.74) is 2.05. The van der Waals surface area contributed by atoms with Gasteiger partial charge in [0.1, 0.15) is 19.2 Å². The standard InChI is InChI=1S/C30H25N3O5/c34-20-32-17-25(31-29(36)24-14-8-12-22-11-4-5-13-23(22)24)30(37)33(27-16-7-6-15-26(27)32)18-28(35)38-19-21-9-2-1-3-10-21/h1-16,20,25H,17-19H2,(H,31,36)/t25-/m0/s1. The van der Waals surface area contributed by atoms with E-state index in [1.807, 2.05) is 60.7 Å². The van der Waals surface area contributed by atoms with Crippen LogP contribution in [0.15, 0.2) is 97.1 Å². The Morgan fingerprint density at radius 1 is 0.868 bits per heavy atom. The first-order chi connectivity index (χ1) is 18.5. The van der Waals surface area contributed by atoms with Crippen LogP contribution in [0.3, 0.4) is 0 Å². The maximum Gasteiger partial charge on any atom is 0.326 e. The predicted molar refractivity (Wildman–Crippen MR) is 144 cm³/mol. The van der Waals surface area contributed by atoms with E-state index in [0.29, 0.717) is 23.3 Å². The summed E-state index contributed by atoms with van der Waals surface area (Å²) in [5, 5.41) is 4.42. The zero-order chi connectivity index (χ0) is 26.5. The third-order valence-corrected chi connectivity index (χ3v) is 6.42. The minimum absolute atomic E-state index is 0.0606. The number of esters is 1. The largest absolute Gasteiger partial charge is 0.459 e. The van der Waals surface area contributed by atoms with Gasteiger partial charge in [-0.05, 0) is 34.5 Å². The Morgan fingerprint density at radius 3 is 2.34 bits per heavy atom. The fraction of sp³-hybridized carbons (Fsp3) is 0.133. The Bertz CT molecular complexity index is 1500. The minimum atomic E-state index is -1.10. The number of fused-ring (bicyclic) bond motifs is 2. The molecule has 38 heavy (non-hydrogen) atoms. The number of anilines is 2. The average Bonchev–Trinajstić information content (AvgIpc) is 3.06. The Labute approximate surface area is 219 Å². The highest BCUT2D eigenvalue weighted by molar-refractivity contribution is 6.11. The van der Waals surface area contributed by atoms with Crippen LogP contribution in [-0.2, 0) is 25.7 Å². The predicted octanol–water partition coefficient (Wildman–Crippen LogP) is 3.69. The fourth-order valence-corrected chi connectivity index (χ4v) is 4.56. The zero-order valence-corrected chi connectivity index (χ0v) is 20.4. The Balaban J connectivity index is 1.42. The Morgan fingerprint density at radius 2 is 1.55 bits per heavy atom. The molecule has 3 amide bonds. The third-order valence-electron chi connectivity index (χ3n) is 6.42. The van der Waals surface area contributed by atoms with Crippen molar-refractivity contribution in [2.45, 2.75) is 12.6 Å². The SMILES string of the molecule is O=CN1C[C@H](NC(=O)c2cccc3ccccc23)C(=O)N(CC(=O)OCc2ccccc2)c2ccccc21. The number of nitrogens with zero attached hydrogens (tertiary/aromatic N) is 2. The van der Waals surface area contributed by atoms with Crippen molar-refractivity contribution in [2.24, 2.45) is 0 Å². The molecule has 1 atom stereocenters. The van der Waals surface area contributed by atoms with Gasteiger partial charge < -0.3 is 15.0 Å². The lowest BCUT2D eigenvalue weighted by Gasteiger charge is -2.24. The normalized spacial score (nSPS) is 14.9. The van der Waals surface area contributed by atoms with Gasteiger partial charge in [0.2, 0.25) is 6.41 Å². The van der Waals surface area contributed by atoms with Crippen LogP contribution in [0.1, 0.15) is 15.9 Å². The summed E-state index contributed by atoms with van der Waals surface area (Å²) in [6, 6.07) is 27.7. The maximum atomic E-state index is 13.8. The molecule has 1 heterocycles. The van der Waals surface area contributed by atoms with Crippen molar-refractivity contribution in [1.82, 2.24) is 5.32 Å². The Hall–Kier alpha value is -4.98. The van der Waals surface area contributed by atoms with Gasteiger partial charge in [-0.1, -0.05) is 78.9 Å². The molecule has 4 aromatic carbocycles. The molecule has 5 rings (SSSR count). The second-order valence-electron chi connectivity index (χ2n) is 8.87. The van der Waals surface area contributed by atoms with Crippen molar-refractivity contribution in [3.63, 3.8) is 0 Å². The lowest BCUT2D eigenvalue weighted by Crippen LogP contribution is -2.53. The number of rotatable bonds is 7. The smallest absolute Gasteiger partial charge is 0.326 e. The molecule has 190 valence electrons. The molecule has 1 aliphatic heterocycles. The number of carbonyl (C=O) groups is 4. The Kier molecular flexibility index (Phi) is 7.13. The topological polar surface area (TPSA) is 96.0 Å².